The molecule has 4 rings (SSSR count). The molecule has 3 heteroatoms. The molecule has 0 radical (unpaired) electrons. The van der Waals surface area contributed by atoms with Crippen molar-refractivity contribution in [2.24, 2.45) is 11.8 Å². The maximum atomic E-state index is 9.10. The highest BCUT2D eigenvalue weighted by atomic mass is 15.2. The average molecular weight is 219 g/mol. The highest BCUT2D eigenvalue weighted by molar-refractivity contribution is 5.00. The van der Waals surface area contributed by atoms with E-state index in [9.17, 15) is 0 Å². The predicted molar refractivity (Wildman–Crippen MR) is 62.8 cm³/mol. The third-order valence-corrected chi connectivity index (χ3v) is 4.77. The summed E-state index contributed by atoms with van der Waals surface area (Å²) in [5, 5.41) is 12.9. The topological polar surface area (TPSA) is 39.1 Å². The number of piperidine rings is 3. The van der Waals surface area contributed by atoms with Gasteiger partial charge < -0.3 is 10.2 Å². The molecule has 2 bridgehead atoms. The van der Waals surface area contributed by atoms with E-state index in [1.807, 2.05) is 0 Å². The number of fused-ring (bicyclic) bond motifs is 3. The predicted octanol–water partition coefficient (Wildman–Crippen LogP) is 1.36. The third kappa shape index (κ3) is 1.85. The van der Waals surface area contributed by atoms with Gasteiger partial charge in [-0.25, -0.2) is 0 Å². The summed E-state index contributed by atoms with van der Waals surface area (Å²) in [6.07, 6.45) is 6.27. The lowest BCUT2D eigenvalue weighted by Gasteiger charge is -2.46. The van der Waals surface area contributed by atoms with E-state index < -0.39 is 0 Å². The molecule has 1 saturated carbocycles. The Morgan fingerprint density at radius 1 is 1.06 bits per heavy atom. The smallest absolute Gasteiger partial charge is 0.0672 e. The molecule has 88 valence electrons. The quantitative estimate of drug-likeness (QED) is 0.762. The van der Waals surface area contributed by atoms with Gasteiger partial charge in [-0.05, 0) is 44.7 Å². The van der Waals surface area contributed by atoms with Gasteiger partial charge in [0, 0.05) is 18.6 Å². The Morgan fingerprint density at radius 2 is 1.88 bits per heavy atom. The minimum Gasteiger partial charge on any atom is -0.308 e. The van der Waals surface area contributed by atoms with Crippen LogP contribution >= 0.6 is 0 Å². The number of nitrogens with zero attached hydrogens (tertiary/aromatic N) is 2. The largest absolute Gasteiger partial charge is 0.308 e. The second-order valence-corrected chi connectivity index (χ2v) is 5.68. The Morgan fingerprint density at radius 3 is 2.50 bits per heavy atom. The van der Waals surface area contributed by atoms with Crippen molar-refractivity contribution >= 4 is 0 Å². The highest BCUT2D eigenvalue weighted by Crippen LogP contribution is 2.31. The first kappa shape index (κ1) is 10.6. The zero-order valence-corrected chi connectivity index (χ0v) is 9.86. The maximum absolute atomic E-state index is 9.10. The van der Waals surface area contributed by atoms with Crippen LogP contribution in [0.2, 0.25) is 0 Å². The van der Waals surface area contributed by atoms with Crippen molar-refractivity contribution in [3.8, 4) is 6.07 Å². The normalized spacial score (nSPS) is 46.8. The lowest BCUT2D eigenvalue weighted by Crippen LogP contribution is -2.58. The first-order valence-electron chi connectivity index (χ1n) is 6.75. The molecule has 16 heavy (non-hydrogen) atoms. The van der Waals surface area contributed by atoms with Gasteiger partial charge in [-0.1, -0.05) is 6.42 Å². The van der Waals surface area contributed by atoms with Gasteiger partial charge in [0.25, 0.3) is 0 Å². The first-order chi connectivity index (χ1) is 7.86. The molecule has 3 heterocycles. The van der Waals surface area contributed by atoms with Crippen LogP contribution in [-0.4, -0.2) is 36.6 Å². The third-order valence-electron chi connectivity index (χ3n) is 4.77. The highest BCUT2D eigenvalue weighted by Gasteiger charge is 2.37. The average Bonchev–Trinajstić information content (AvgIpc) is 2.78. The molecule has 0 amide bonds. The van der Waals surface area contributed by atoms with Gasteiger partial charge >= 0.3 is 0 Å². The lowest BCUT2D eigenvalue weighted by atomic mass is 9.83. The van der Waals surface area contributed by atoms with Gasteiger partial charge in [0.2, 0.25) is 0 Å². The molecular weight excluding hydrogens is 198 g/mol. The van der Waals surface area contributed by atoms with Crippen LogP contribution in [0.3, 0.4) is 0 Å². The summed E-state index contributed by atoms with van der Waals surface area (Å²) in [7, 11) is 0. The van der Waals surface area contributed by atoms with E-state index in [0.717, 1.165) is 12.3 Å². The molecule has 3 atom stereocenters. The van der Waals surface area contributed by atoms with E-state index in [1.165, 1.54) is 45.3 Å². The monoisotopic (exact) mass is 219 g/mol. The second kappa shape index (κ2) is 4.35. The van der Waals surface area contributed by atoms with Crippen molar-refractivity contribution in [2.75, 3.05) is 19.6 Å². The van der Waals surface area contributed by atoms with E-state index in [2.05, 4.69) is 16.3 Å². The summed E-state index contributed by atoms with van der Waals surface area (Å²) in [4.78, 5) is 2.58. The van der Waals surface area contributed by atoms with E-state index in [-0.39, 0.29) is 5.92 Å². The van der Waals surface area contributed by atoms with Crippen LogP contribution in [0.5, 0.6) is 0 Å². The Bertz CT molecular complexity index is 288. The van der Waals surface area contributed by atoms with Gasteiger partial charge in [0.1, 0.15) is 0 Å². The van der Waals surface area contributed by atoms with Crippen molar-refractivity contribution in [3.05, 3.63) is 0 Å². The van der Waals surface area contributed by atoms with E-state index >= 15 is 0 Å². The Labute approximate surface area is 97.8 Å². The van der Waals surface area contributed by atoms with Gasteiger partial charge in [0.05, 0.1) is 12.0 Å². The van der Waals surface area contributed by atoms with Gasteiger partial charge in [0.15, 0.2) is 0 Å². The number of rotatable bonds is 2. The fourth-order valence-corrected chi connectivity index (χ4v) is 3.74. The van der Waals surface area contributed by atoms with Crippen LogP contribution in [0.25, 0.3) is 0 Å². The SMILES string of the molecule is N#CC1CCCC1NC1CN2CCC1CC2. The summed E-state index contributed by atoms with van der Waals surface area (Å²) < 4.78 is 0. The van der Waals surface area contributed by atoms with Crippen molar-refractivity contribution in [1.82, 2.24) is 10.2 Å². The molecule has 0 aromatic heterocycles. The van der Waals surface area contributed by atoms with Crippen LogP contribution in [0.4, 0.5) is 0 Å². The van der Waals surface area contributed by atoms with Crippen LogP contribution in [0, 0.1) is 23.2 Å². The second-order valence-electron chi connectivity index (χ2n) is 5.68. The standard InChI is InChI=1S/C13H21N3/c14-8-11-2-1-3-12(11)15-13-9-16-6-4-10(13)5-7-16/h10-13,15H,1-7,9H2. The van der Waals surface area contributed by atoms with E-state index in [4.69, 9.17) is 5.26 Å². The molecule has 3 nitrogen and oxygen atoms in total. The molecule has 4 aliphatic rings. The Balaban J connectivity index is 1.60. The molecule has 0 aromatic rings. The van der Waals surface area contributed by atoms with E-state index in [1.54, 1.807) is 0 Å². The van der Waals surface area contributed by atoms with Crippen LogP contribution in [0.15, 0.2) is 0 Å². The van der Waals surface area contributed by atoms with Crippen molar-refractivity contribution in [3.63, 3.8) is 0 Å². The first-order valence-corrected chi connectivity index (χ1v) is 6.75. The molecule has 1 aliphatic carbocycles. The number of nitriles is 1. The maximum Gasteiger partial charge on any atom is 0.0672 e. The molecule has 3 unspecified atom stereocenters. The minimum atomic E-state index is 0.274. The number of nitrogens with one attached hydrogen (secondary N) is 1. The summed E-state index contributed by atoms with van der Waals surface area (Å²) in [5.74, 6) is 1.15. The fourth-order valence-electron chi connectivity index (χ4n) is 3.74. The number of hydrogen-bond acceptors (Lipinski definition) is 3. The molecule has 4 fully saturated rings. The zero-order valence-electron chi connectivity index (χ0n) is 9.86. The Hall–Kier alpha value is -0.590. The Kier molecular flexibility index (Phi) is 2.87. The van der Waals surface area contributed by atoms with Crippen LogP contribution in [0.1, 0.15) is 32.1 Å². The lowest BCUT2D eigenvalue weighted by molar-refractivity contribution is 0.0657. The van der Waals surface area contributed by atoms with Crippen LogP contribution in [-0.2, 0) is 0 Å². The van der Waals surface area contributed by atoms with Crippen molar-refractivity contribution < 1.29 is 0 Å². The van der Waals surface area contributed by atoms with Crippen molar-refractivity contribution in [1.29, 1.82) is 5.26 Å². The van der Waals surface area contributed by atoms with Crippen LogP contribution < -0.4 is 5.32 Å². The minimum absolute atomic E-state index is 0.274. The summed E-state index contributed by atoms with van der Waals surface area (Å²) in [6, 6.07) is 3.62. The van der Waals surface area contributed by atoms with E-state index in [0.29, 0.717) is 12.1 Å². The number of hydrogen-bond donors (Lipinski definition) is 1. The van der Waals surface area contributed by atoms with Crippen molar-refractivity contribution in [2.45, 2.75) is 44.2 Å². The van der Waals surface area contributed by atoms with Gasteiger partial charge in [-0.3, -0.25) is 0 Å². The summed E-state index contributed by atoms with van der Waals surface area (Å²) >= 11 is 0. The summed E-state index contributed by atoms with van der Waals surface area (Å²) in [6.45, 7) is 3.82. The van der Waals surface area contributed by atoms with Gasteiger partial charge in [-0.15, -0.1) is 0 Å². The molecular formula is C13H21N3. The zero-order chi connectivity index (χ0) is 11.0. The molecule has 0 aromatic carbocycles. The molecule has 3 aliphatic heterocycles. The molecule has 0 spiro atoms. The van der Waals surface area contributed by atoms with Gasteiger partial charge in [-0.2, -0.15) is 5.26 Å². The summed E-state index contributed by atoms with van der Waals surface area (Å²) in [5.41, 5.74) is 0. The fraction of sp³-hybridized carbons (Fsp3) is 0.923. The molecule has 3 saturated heterocycles. The molecule has 1 N–H and O–H groups in total.